The molecule has 1 amide bonds. The molecule has 0 radical (unpaired) electrons. The number of aromatic amines is 2. The number of benzene rings is 1. The fraction of sp³-hybridized carbons (Fsp3) is 0.143. The number of aryl methyl sites for hydroxylation is 1. The summed E-state index contributed by atoms with van der Waals surface area (Å²) in [6.07, 6.45) is 6.87. The van der Waals surface area contributed by atoms with Gasteiger partial charge in [0.05, 0.1) is 34.3 Å². The minimum Gasteiger partial charge on any atom is -0.336 e. The van der Waals surface area contributed by atoms with Crippen LogP contribution in [-0.2, 0) is 4.79 Å². The lowest BCUT2D eigenvalue weighted by Crippen LogP contribution is -2.13. The van der Waals surface area contributed by atoms with Gasteiger partial charge in [-0.1, -0.05) is 0 Å². The molecule has 10 heteroatoms. The third-order valence-corrected chi connectivity index (χ3v) is 6.60. The van der Waals surface area contributed by atoms with Crippen molar-refractivity contribution in [2.45, 2.75) is 19.8 Å². The zero-order valence-corrected chi connectivity index (χ0v) is 20.3. The lowest BCUT2D eigenvalue weighted by molar-refractivity contribution is -0.117. The first-order valence-corrected chi connectivity index (χ1v) is 12.3. The van der Waals surface area contributed by atoms with Crippen LogP contribution in [-0.4, -0.2) is 41.0 Å². The average Bonchev–Trinajstić information content (AvgIpc) is 3.54. The van der Waals surface area contributed by atoms with Crippen molar-refractivity contribution < 1.29 is 9.18 Å². The smallest absolute Gasteiger partial charge is 0.227 e. The molecule has 9 nitrogen and oxygen atoms in total. The molecule has 1 aromatic carbocycles. The third kappa shape index (κ3) is 3.96. The molecule has 0 atom stereocenters. The zero-order chi connectivity index (χ0) is 25.8. The number of hydrogen-bond donors (Lipinski definition) is 3. The Bertz CT molecular complexity index is 1850. The molecule has 5 aromatic heterocycles. The number of anilines is 1. The van der Waals surface area contributed by atoms with E-state index in [0.717, 1.165) is 35.0 Å². The molecule has 1 aliphatic carbocycles. The second-order valence-corrected chi connectivity index (χ2v) is 9.55. The van der Waals surface area contributed by atoms with E-state index in [1.165, 1.54) is 12.1 Å². The number of pyridine rings is 3. The van der Waals surface area contributed by atoms with Crippen molar-refractivity contribution in [2.75, 3.05) is 5.32 Å². The van der Waals surface area contributed by atoms with E-state index >= 15 is 0 Å². The second kappa shape index (κ2) is 8.55. The van der Waals surface area contributed by atoms with E-state index in [2.05, 4.69) is 30.5 Å². The first-order chi connectivity index (χ1) is 18.5. The summed E-state index contributed by atoms with van der Waals surface area (Å²) in [5, 5.41) is 10.4. The van der Waals surface area contributed by atoms with Gasteiger partial charge in [-0.05, 0) is 67.8 Å². The SMILES string of the molecule is Cc1cc(F)cc(-c2nccc3[nH]c(-c4n[nH]c5ccc(-c6cncc(NC(=O)C7CC7)c6)nc45)nc23)c1. The van der Waals surface area contributed by atoms with Crippen LogP contribution in [0.4, 0.5) is 10.1 Å². The number of fused-ring (bicyclic) bond motifs is 2. The van der Waals surface area contributed by atoms with Crippen LogP contribution in [0.2, 0.25) is 0 Å². The Labute approximate surface area is 215 Å². The maximum absolute atomic E-state index is 14.1. The number of nitrogens with one attached hydrogen (secondary N) is 3. The van der Waals surface area contributed by atoms with E-state index in [4.69, 9.17) is 9.97 Å². The maximum atomic E-state index is 14.1. The first kappa shape index (κ1) is 22.2. The summed E-state index contributed by atoms with van der Waals surface area (Å²) in [4.78, 5) is 33.9. The highest BCUT2D eigenvalue weighted by Gasteiger charge is 2.29. The van der Waals surface area contributed by atoms with Gasteiger partial charge < -0.3 is 10.3 Å². The van der Waals surface area contributed by atoms with Gasteiger partial charge in [0.1, 0.15) is 16.9 Å². The van der Waals surface area contributed by atoms with Crippen molar-refractivity contribution >= 4 is 33.7 Å². The molecule has 38 heavy (non-hydrogen) atoms. The Balaban J connectivity index is 1.29. The fourth-order valence-corrected chi connectivity index (χ4v) is 4.59. The Kier molecular flexibility index (Phi) is 5.00. The molecule has 186 valence electrons. The molecule has 5 heterocycles. The highest BCUT2D eigenvalue weighted by molar-refractivity contribution is 5.96. The third-order valence-electron chi connectivity index (χ3n) is 6.60. The van der Waals surface area contributed by atoms with Crippen LogP contribution in [0, 0.1) is 18.7 Å². The minimum absolute atomic E-state index is 0.0247. The van der Waals surface area contributed by atoms with Gasteiger partial charge in [-0.3, -0.25) is 19.9 Å². The van der Waals surface area contributed by atoms with Crippen molar-refractivity contribution in [1.82, 2.24) is 35.1 Å². The number of carbonyl (C=O) groups excluding carboxylic acids is 1. The number of hydrogen-bond acceptors (Lipinski definition) is 6. The van der Waals surface area contributed by atoms with Crippen molar-refractivity contribution in [1.29, 1.82) is 0 Å². The maximum Gasteiger partial charge on any atom is 0.227 e. The number of rotatable bonds is 5. The average molecular weight is 505 g/mol. The molecule has 1 aliphatic rings. The topological polar surface area (TPSA) is 125 Å². The van der Waals surface area contributed by atoms with Crippen LogP contribution >= 0.6 is 0 Å². The molecule has 6 aromatic rings. The van der Waals surface area contributed by atoms with Gasteiger partial charge in [-0.25, -0.2) is 14.4 Å². The van der Waals surface area contributed by atoms with Crippen molar-refractivity contribution in [3.63, 3.8) is 0 Å². The normalized spacial score (nSPS) is 13.3. The summed E-state index contributed by atoms with van der Waals surface area (Å²) in [7, 11) is 0. The highest BCUT2D eigenvalue weighted by atomic mass is 19.1. The fourth-order valence-electron chi connectivity index (χ4n) is 4.59. The van der Waals surface area contributed by atoms with E-state index in [-0.39, 0.29) is 17.6 Å². The monoisotopic (exact) mass is 504 g/mol. The molecular formula is C28H21FN8O. The molecular weight excluding hydrogens is 483 g/mol. The first-order valence-electron chi connectivity index (χ1n) is 12.3. The van der Waals surface area contributed by atoms with Crippen LogP contribution in [0.1, 0.15) is 18.4 Å². The van der Waals surface area contributed by atoms with Crippen molar-refractivity contribution in [3.8, 4) is 34.0 Å². The molecule has 0 aliphatic heterocycles. The molecule has 3 N–H and O–H groups in total. The molecule has 0 saturated heterocycles. The largest absolute Gasteiger partial charge is 0.336 e. The van der Waals surface area contributed by atoms with Gasteiger partial charge in [0.25, 0.3) is 0 Å². The molecule has 0 bridgehead atoms. The van der Waals surface area contributed by atoms with Crippen LogP contribution in [0.3, 0.4) is 0 Å². The Morgan fingerprint density at radius 1 is 0.974 bits per heavy atom. The number of H-pyrrole nitrogens is 2. The van der Waals surface area contributed by atoms with Gasteiger partial charge in [-0.15, -0.1) is 0 Å². The minimum atomic E-state index is -0.324. The molecule has 0 spiro atoms. The predicted molar refractivity (Wildman–Crippen MR) is 141 cm³/mol. The van der Waals surface area contributed by atoms with E-state index in [1.807, 2.05) is 37.3 Å². The number of nitrogens with zero attached hydrogens (tertiary/aromatic N) is 5. The second-order valence-electron chi connectivity index (χ2n) is 9.55. The Morgan fingerprint density at radius 2 is 1.84 bits per heavy atom. The summed E-state index contributed by atoms with van der Waals surface area (Å²) in [5.41, 5.74) is 7.41. The van der Waals surface area contributed by atoms with Crippen LogP contribution in [0.25, 0.3) is 56.1 Å². The number of halogens is 1. The Hall–Kier alpha value is -4.99. The highest BCUT2D eigenvalue weighted by Crippen LogP contribution is 2.33. The van der Waals surface area contributed by atoms with Gasteiger partial charge in [-0.2, -0.15) is 5.10 Å². The summed E-state index contributed by atoms with van der Waals surface area (Å²) in [6.45, 7) is 1.84. The van der Waals surface area contributed by atoms with Gasteiger partial charge >= 0.3 is 0 Å². The van der Waals surface area contributed by atoms with Crippen LogP contribution in [0.15, 0.2) is 61.1 Å². The summed E-state index contributed by atoms with van der Waals surface area (Å²) >= 11 is 0. The predicted octanol–water partition coefficient (Wildman–Crippen LogP) is 5.42. The molecule has 1 saturated carbocycles. The van der Waals surface area contributed by atoms with Gasteiger partial charge in [0.15, 0.2) is 11.5 Å². The van der Waals surface area contributed by atoms with E-state index in [1.54, 1.807) is 18.6 Å². The van der Waals surface area contributed by atoms with Gasteiger partial charge in [0.2, 0.25) is 5.91 Å². The quantitative estimate of drug-likeness (QED) is 0.288. The summed E-state index contributed by atoms with van der Waals surface area (Å²) < 4.78 is 14.1. The number of amides is 1. The van der Waals surface area contributed by atoms with E-state index in [0.29, 0.717) is 45.2 Å². The van der Waals surface area contributed by atoms with Crippen LogP contribution < -0.4 is 5.32 Å². The summed E-state index contributed by atoms with van der Waals surface area (Å²) in [5.74, 6) is 0.319. The van der Waals surface area contributed by atoms with E-state index < -0.39 is 0 Å². The number of aromatic nitrogens is 7. The lowest BCUT2D eigenvalue weighted by atomic mass is 10.1. The van der Waals surface area contributed by atoms with Gasteiger partial charge in [0, 0.05) is 29.4 Å². The summed E-state index contributed by atoms with van der Waals surface area (Å²) in [6, 6.07) is 12.3. The van der Waals surface area contributed by atoms with Crippen molar-refractivity contribution in [3.05, 3.63) is 72.4 Å². The number of imidazole rings is 1. The standard InChI is InChI=1S/C28H21FN8O/c1-14-8-16(10-18(29)9-14)23-24-21(6-7-31-23)34-27(35-24)26-25-22(36-37-26)5-4-20(33-25)17-11-19(13-30-12-17)32-28(38)15-2-3-15/h4-13,15H,2-3H2,1H3,(H,32,38)(H,34,35)(H,36,37). The Morgan fingerprint density at radius 3 is 2.68 bits per heavy atom. The molecule has 7 rings (SSSR count). The lowest BCUT2D eigenvalue weighted by Gasteiger charge is -2.06. The molecule has 1 fully saturated rings. The van der Waals surface area contributed by atoms with Crippen LogP contribution in [0.5, 0.6) is 0 Å². The van der Waals surface area contributed by atoms with Crippen molar-refractivity contribution in [2.24, 2.45) is 5.92 Å². The zero-order valence-electron chi connectivity index (χ0n) is 20.3. The molecule has 0 unspecified atom stereocenters. The van der Waals surface area contributed by atoms with E-state index in [9.17, 15) is 9.18 Å². The number of carbonyl (C=O) groups is 1.